The Balaban J connectivity index is 1.85. The van der Waals surface area contributed by atoms with Gasteiger partial charge in [0.1, 0.15) is 12.9 Å². The van der Waals surface area contributed by atoms with Crippen molar-refractivity contribution in [1.82, 2.24) is 4.98 Å². The molecular formula is C18H14BrNO4. The zero-order chi connectivity index (χ0) is 16.9. The number of benzene rings is 2. The Morgan fingerprint density at radius 2 is 1.96 bits per heavy atom. The predicted octanol–water partition coefficient (Wildman–Crippen LogP) is 4.46. The van der Waals surface area contributed by atoms with Crippen LogP contribution in [0.15, 0.2) is 59.2 Å². The van der Waals surface area contributed by atoms with Crippen LogP contribution < -0.4 is 9.47 Å². The summed E-state index contributed by atoms with van der Waals surface area (Å²) in [5.74, 6) is 1.52. The van der Waals surface area contributed by atoms with Crippen molar-refractivity contribution in [3.05, 3.63) is 66.1 Å². The van der Waals surface area contributed by atoms with Gasteiger partial charge in [-0.25, -0.2) is 4.98 Å². The molecule has 0 saturated carbocycles. The van der Waals surface area contributed by atoms with Gasteiger partial charge in [0.05, 0.1) is 7.11 Å². The number of aromatic nitrogens is 1. The lowest BCUT2D eigenvalue weighted by molar-refractivity contribution is 0.109. The van der Waals surface area contributed by atoms with E-state index in [2.05, 4.69) is 20.9 Å². The van der Waals surface area contributed by atoms with Crippen molar-refractivity contribution >= 4 is 20.6 Å². The SMILES string of the molecule is COc1ccc(-c2nc(C(=O)Br)co2)cc1OCc1ccccc1. The molecule has 0 fully saturated rings. The highest BCUT2D eigenvalue weighted by molar-refractivity contribution is 9.18. The molecule has 122 valence electrons. The third-order valence-electron chi connectivity index (χ3n) is 3.35. The van der Waals surface area contributed by atoms with Crippen LogP contribution in [0.3, 0.4) is 0 Å². The molecule has 2 aromatic carbocycles. The van der Waals surface area contributed by atoms with E-state index in [1.165, 1.54) is 6.26 Å². The maximum absolute atomic E-state index is 11.3. The third kappa shape index (κ3) is 3.65. The molecule has 0 aliphatic heterocycles. The molecule has 0 saturated heterocycles. The molecule has 3 aromatic rings. The predicted molar refractivity (Wildman–Crippen MR) is 92.5 cm³/mol. The lowest BCUT2D eigenvalue weighted by atomic mass is 10.2. The van der Waals surface area contributed by atoms with Gasteiger partial charge in [-0.3, -0.25) is 4.79 Å². The standard InChI is InChI=1S/C18H14BrNO4/c1-22-15-8-7-13(18-20-14(11-24-18)17(19)21)9-16(15)23-10-12-5-3-2-4-6-12/h2-9,11H,10H2,1H3. The number of hydrogen-bond donors (Lipinski definition) is 0. The van der Waals surface area contributed by atoms with Gasteiger partial charge in [0.15, 0.2) is 17.2 Å². The van der Waals surface area contributed by atoms with Crippen molar-refractivity contribution in [2.24, 2.45) is 0 Å². The summed E-state index contributed by atoms with van der Waals surface area (Å²) < 4.78 is 16.2. The first kappa shape index (κ1) is 16.3. The first-order chi connectivity index (χ1) is 11.7. The monoisotopic (exact) mass is 387 g/mol. The Morgan fingerprint density at radius 1 is 1.17 bits per heavy atom. The summed E-state index contributed by atoms with van der Waals surface area (Å²) in [7, 11) is 1.58. The van der Waals surface area contributed by atoms with Crippen molar-refractivity contribution in [3.63, 3.8) is 0 Å². The van der Waals surface area contributed by atoms with Gasteiger partial charge >= 0.3 is 0 Å². The summed E-state index contributed by atoms with van der Waals surface area (Å²) in [6.45, 7) is 0.414. The van der Waals surface area contributed by atoms with E-state index >= 15 is 0 Å². The zero-order valence-corrected chi connectivity index (χ0v) is 14.4. The van der Waals surface area contributed by atoms with Crippen LogP contribution in [0.5, 0.6) is 11.5 Å². The molecule has 0 radical (unpaired) electrons. The number of hydrogen-bond acceptors (Lipinski definition) is 5. The highest BCUT2D eigenvalue weighted by Gasteiger charge is 2.14. The Hall–Kier alpha value is -2.60. The molecule has 3 rings (SSSR count). The van der Waals surface area contributed by atoms with E-state index in [1.54, 1.807) is 25.3 Å². The van der Waals surface area contributed by atoms with E-state index in [0.29, 0.717) is 29.6 Å². The van der Waals surface area contributed by atoms with Crippen molar-refractivity contribution in [1.29, 1.82) is 0 Å². The summed E-state index contributed by atoms with van der Waals surface area (Å²) >= 11 is 2.85. The van der Waals surface area contributed by atoms with Gasteiger partial charge in [0.2, 0.25) is 10.6 Å². The summed E-state index contributed by atoms with van der Waals surface area (Å²) in [4.78, 5) is 15.4. The van der Waals surface area contributed by atoms with Gasteiger partial charge < -0.3 is 13.9 Å². The molecule has 24 heavy (non-hydrogen) atoms. The van der Waals surface area contributed by atoms with Crippen LogP contribution in [0.4, 0.5) is 0 Å². The van der Waals surface area contributed by atoms with Gasteiger partial charge in [-0.1, -0.05) is 30.3 Å². The fraction of sp³-hybridized carbons (Fsp3) is 0.111. The molecule has 0 spiro atoms. The molecule has 1 aromatic heterocycles. The Morgan fingerprint density at radius 3 is 2.62 bits per heavy atom. The van der Waals surface area contributed by atoms with E-state index in [9.17, 15) is 4.79 Å². The van der Waals surface area contributed by atoms with Gasteiger partial charge in [0.25, 0.3) is 0 Å². The highest BCUT2D eigenvalue weighted by Crippen LogP contribution is 2.33. The van der Waals surface area contributed by atoms with Gasteiger partial charge in [-0.2, -0.15) is 0 Å². The van der Waals surface area contributed by atoms with E-state index in [-0.39, 0.29) is 10.4 Å². The van der Waals surface area contributed by atoms with Crippen LogP contribution in [0.2, 0.25) is 0 Å². The van der Waals surface area contributed by atoms with Crippen LogP contribution in [0.1, 0.15) is 16.1 Å². The summed E-state index contributed by atoms with van der Waals surface area (Å²) in [5.41, 5.74) is 1.96. The van der Waals surface area contributed by atoms with Crippen molar-refractivity contribution in [3.8, 4) is 23.0 Å². The second-order valence-electron chi connectivity index (χ2n) is 4.95. The lowest BCUT2D eigenvalue weighted by Gasteiger charge is -2.11. The topological polar surface area (TPSA) is 61.6 Å². The molecule has 0 amide bonds. The lowest BCUT2D eigenvalue weighted by Crippen LogP contribution is -1.98. The van der Waals surface area contributed by atoms with Crippen LogP contribution >= 0.6 is 15.9 Å². The average Bonchev–Trinajstić information content (AvgIpc) is 3.11. The summed E-state index contributed by atoms with van der Waals surface area (Å²) in [6, 6.07) is 15.2. The normalized spacial score (nSPS) is 10.4. The summed E-state index contributed by atoms with van der Waals surface area (Å²) in [6.07, 6.45) is 1.31. The van der Waals surface area contributed by atoms with Crippen molar-refractivity contribution in [2.45, 2.75) is 6.61 Å². The maximum atomic E-state index is 11.3. The fourth-order valence-electron chi connectivity index (χ4n) is 2.15. The number of methoxy groups -OCH3 is 1. The second-order valence-corrected chi connectivity index (χ2v) is 5.67. The number of rotatable bonds is 6. The minimum Gasteiger partial charge on any atom is -0.493 e. The Bertz CT molecular complexity index is 845. The number of halogens is 1. The number of carbonyl (C=O) groups is 1. The number of oxazole rings is 1. The number of ether oxygens (including phenoxy) is 2. The molecule has 0 aliphatic rings. The smallest absolute Gasteiger partial charge is 0.249 e. The van der Waals surface area contributed by atoms with Crippen LogP contribution in [0, 0.1) is 0 Å². The molecule has 0 unspecified atom stereocenters. The average molecular weight is 388 g/mol. The van der Waals surface area contributed by atoms with Crippen molar-refractivity contribution < 1.29 is 18.7 Å². The van der Waals surface area contributed by atoms with E-state index in [0.717, 1.165) is 5.56 Å². The first-order valence-corrected chi connectivity index (χ1v) is 7.97. The molecular weight excluding hydrogens is 374 g/mol. The van der Waals surface area contributed by atoms with Gasteiger partial charge in [-0.15, -0.1) is 0 Å². The minimum absolute atomic E-state index is 0.215. The molecule has 6 heteroatoms. The van der Waals surface area contributed by atoms with E-state index in [1.807, 2.05) is 30.3 Å². The van der Waals surface area contributed by atoms with Gasteiger partial charge in [-0.05, 0) is 39.7 Å². The quantitative estimate of drug-likeness (QED) is 0.584. The zero-order valence-electron chi connectivity index (χ0n) is 12.9. The van der Waals surface area contributed by atoms with Crippen LogP contribution in [0.25, 0.3) is 11.5 Å². The molecule has 0 N–H and O–H groups in total. The molecule has 0 bridgehead atoms. The minimum atomic E-state index is -0.327. The Labute approximate surface area is 147 Å². The molecule has 1 heterocycles. The Kier molecular flexibility index (Phi) is 4.96. The first-order valence-electron chi connectivity index (χ1n) is 7.18. The van der Waals surface area contributed by atoms with Crippen molar-refractivity contribution in [2.75, 3.05) is 7.11 Å². The molecule has 0 aliphatic carbocycles. The fourth-order valence-corrected chi connectivity index (χ4v) is 2.34. The second kappa shape index (κ2) is 7.31. The highest BCUT2D eigenvalue weighted by atomic mass is 79.9. The number of nitrogens with zero attached hydrogens (tertiary/aromatic N) is 1. The molecule has 5 nitrogen and oxygen atoms in total. The van der Waals surface area contributed by atoms with E-state index in [4.69, 9.17) is 13.9 Å². The third-order valence-corrected chi connectivity index (χ3v) is 3.76. The summed E-state index contributed by atoms with van der Waals surface area (Å²) in [5, 5.41) is 0. The van der Waals surface area contributed by atoms with E-state index < -0.39 is 0 Å². The maximum Gasteiger partial charge on any atom is 0.249 e. The molecule has 0 atom stereocenters. The largest absolute Gasteiger partial charge is 0.493 e. The van der Waals surface area contributed by atoms with Crippen LogP contribution in [-0.4, -0.2) is 16.8 Å². The van der Waals surface area contributed by atoms with Crippen LogP contribution in [-0.2, 0) is 6.61 Å². The van der Waals surface area contributed by atoms with Gasteiger partial charge in [0, 0.05) is 5.56 Å². The number of carbonyl (C=O) groups excluding carboxylic acids is 1.